The van der Waals surface area contributed by atoms with E-state index < -0.39 is 0 Å². The molecule has 1 amide bonds. The SMILES string of the molecule is COc1ccc(NC(=O)CCNc2ccccc2OC(C)C)cc1Cl. The van der Waals surface area contributed by atoms with Crippen molar-refractivity contribution in [3.05, 3.63) is 47.5 Å². The molecule has 6 heteroatoms. The molecule has 0 aliphatic heterocycles. The number of amides is 1. The van der Waals surface area contributed by atoms with Crippen molar-refractivity contribution < 1.29 is 14.3 Å². The quantitative estimate of drug-likeness (QED) is 0.721. The van der Waals surface area contributed by atoms with Crippen molar-refractivity contribution in [1.82, 2.24) is 0 Å². The lowest BCUT2D eigenvalue weighted by molar-refractivity contribution is -0.115. The van der Waals surface area contributed by atoms with Crippen LogP contribution in [0, 0.1) is 0 Å². The molecule has 2 aromatic carbocycles. The number of carbonyl (C=O) groups is 1. The topological polar surface area (TPSA) is 59.6 Å². The molecule has 0 saturated heterocycles. The lowest BCUT2D eigenvalue weighted by Crippen LogP contribution is -2.17. The molecule has 2 N–H and O–H groups in total. The van der Waals surface area contributed by atoms with Gasteiger partial charge in [0.25, 0.3) is 0 Å². The predicted molar refractivity (Wildman–Crippen MR) is 102 cm³/mol. The predicted octanol–water partition coefficient (Wildman–Crippen LogP) is 4.58. The molecule has 2 rings (SSSR count). The second kappa shape index (κ2) is 9.18. The van der Waals surface area contributed by atoms with Gasteiger partial charge in [-0.05, 0) is 44.2 Å². The summed E-state index contributed by atoms with van der Waals surface area (Å²) in [4.78, 5) is 12.1. The van der Waals surface area contributed by atoms with Crippen LogP contribution in [0.25, 0.3) is 0 Å². The van der Waals surface area contributed by atoms with E-state index >= 15 is 0 Å². The van der Waals surface area contributed by atoms with E-state index in [1.54, 1.807) is 25.3 Å². The Morgan fingerprint density at radius 1 is 1.16 bits per heavy atom. The van der Waals surface area contributed by atoms with Gasteiger partial charge in [0.05, 0.1) is 23.9 Å². The van der Waals surface area contributed by atoms with Crippen molar-refractivity contribution in [2.24, 2.45) is 0 Å². The van der Waals surface area contributed by atoms with Crippen LogP contribution in [0.1, 0.15) is 20.3 Å². The van der Waals surface area contributed by atoms with Crippen LogP contribution in [-0.2, 0) is 4.79 Å². The van der Waals surface area contributed by atoms with Crippen LogP contribution in [-0.4, -0.2) is 25.7 Å². The number of halogens is 1. The summed E-state index contributed by atoms with van der Waals surface area (Å²) in [6.45, 7) is 4.45. The molecule has 0 fully saturated rings. The first-order valence-corrected chi connectivity index (χ1v) is 8.50. The molecule has 0 aliphatic carbocycles. The van der Waals surface area contributed by atoms with Gasteiger partial charge < -0.3 is 20.1 Å². The van der Waals surface area contributed by atoms with Gasteiger partial charge in [0, 0.05) is 18.7 Å². The minimum atomic E-state index is -0.101. The summed E-state index contributed by atoms with van der Waals surface area (Å²) in [6.07, 6.45) is 0.408. The molecule has 0 unspecified atom stereocenters. The fraction of sp³-hybridized carbons (Fsp3) is 0.316. The van der Waals surface area contributed by atoms with Crippen molar-refractivity contribution in [1.29, 1.82) is 0 Å². The summed E-state index contributed by atoms with van der Waals surface area (Å²) >= 11 is 6.05. The molecule has 0 radical (unpaired) electrons. The molecule has 25 heavy (non-hydrogen) atoms. The average molecular weight is 363 g/mol. The van der Waals surface area contributed by atoms with Gasteiger partial charge >= 0.3 is 0 Å². The van der Waals surface area contributed by atoms with Crippen LogP contribution < -0.4 is 20.1 Å². The molecule has 0 spiro atoms. The first-order valence-electron chi connectivity index (χ1n) is 8.12. The third-order valence-electron chi connectivity index (χ3n) is 3.35. The zero-order valence-electron chi connectivity index (χ0n) is 14.6. The molecule has 0 saturated carbocycles. The molecule has 0 heterocycles. The highest BCUT2D eigenvalue weighted by Crippen LogP contribution is 2.27. The zero-order valence-corrected chi connectivity index (χ0v) is 15.4. The Labute approximate surface area is 153 Å². The molecule has 2 aromatic rings. The number of ether oxygens (including phenoxy) is 2. The lowest BCUT2D eigenvalue weighted by atomic mass is 10.2. The van der Waals surface area contributed by atoms with Crippen molar-refractivity contribution in [2.75, 3.05) is 24.3 Å². The number of rotatable bonds is 8. The van der Waals surface area contributed by atoms with E-state index in [4.69, 9.17) is 21.1 Å². The largest absolute Gasteiger partial charge is 0.495 e. The maximum atomic E-state index is 12.1. The summed E-state index contributed by atoms with van der Waals surface area (Å²) in [6, 6.07) is 12.8. The number of hydrogen-bond acceptors (Lipinski definition) is 4. The van der Waals surface area contributed by atoms with Crippen molar-refractivity contribution in [3.63, 3.8) is 0 Å². The van der Waals surface area contributed by atoms with Crippen LogP contribution in [0.5, 0.6) is 11.5 Å². The Morgan fingerprint density at radius 3 is 2.60 bits per heavy atom. The number of carbonyl (C=O) groups excluding carboxylic acids is 1. The van der Waals surface area contributed by atoms with E-state index in [0.717, 1.165) is 11.4 Å². The van der Waals surface area contributed by atoms with Crippen LogP contribution >= 0.6 is 11.6 Å². The lowest BCUT2D eigenvalue weighted by Gasteiger charge is -2.15. The average Bonchev–Trinajstić information content (AvgIpc) is 2.56. The highest BCUT2D eigenvalue weighted by Gasteiger charge is 2.08. The maximum Gasteiger partial charge on any atom is 0.226 e. The van der Waals surface area contributed by atoms with Crippen LogP contribution in [0.15, 0.2) is 42.5 Å². The minimum absolute atomic E-state index is 0.0890. The maximum absolute atomic E-state index is 12.1. The summed E-state index contributed by atoms with van der Waals surface area (Å²) in [5, 5.41) is 6.51. The fourth-order valence-corrected chi connectivity index (χ4v) is 2.51. The molecular formula is C19H23ClN2O3. The van der Waals surface area contributed by atoms with E-state index in [1.807, 2.05) is 38.1 Å². The molecule has 0 aliphatic rings. The van der Waals surface area contributed by atoms with Crippen LogP contribution in [0.3, 0.4) is 0 Å². The monoisotopic (exact) mass is 362 g/mol. The number of methoxy groups -OCH3 is 1. The van der Waals surface area contributed by atoms with Gasteiger partial charge in [-0.2, -0.15) is 0 Å². The van der Waals surface area contributed by atoms with Gasteiger partial charge in [-0.3, -0.25) is 4.79 Å². The molecule has 0 bridgehead atoms. The number of benzene rings is 2. The van der Waals surface area contributed by atoms with Crippen LogP contribution in [0.2, 0.25) is 5.02 Å². The van der Waals surface area contributed by atoms with Crippen molar-refractivity contribution >= 4 is 28.9 Å². The molecule has 0 atom stereocenters. The minimum Gasteiger partial charge on any atom is -0.495 e. The third-order valence-corrected chi connectivity index (χ3v) is 3.65. The smallest absolute Gasteiger partial charge is 0.226 e. The van der Waals surface area contributed by atoms with Gasteiger partial charge in [-0.1, -0.05) is 23.7 Å². The van der Waals surface area contributed by atoms with E-state index in [-0.39, 0.29) is 12.0 Å². The first kappa shape index (κ1) is 18.9. The van der Waals surface area contributed by atoms with E-state index in [1.165, 1.54) is 0 Å². The second-order valence-electron chi connectivity index (χ2n) is 5.74. The Morgan fingerprint density at radius 2 is 1.92 bits per heavy atom. The first-order chi connectivity index (χ1) is 12.0. The number of nitrogens with one attached hydrogen (secondary N) is 2. The zero-order chi connectivity index (χ0) is 18.2. The summed E-state index contributed by atoms with van der Waals surface area (Å²) < 4.78 is 10.8. The summed E-state index contributed by atoms with van der Waals surface area (Å²) in [5.41, 5.74) is 1.51. The van der Waals surface area contributed by atoms with Gasteiger partial charge in [0.1, 0.15) is 11.5 Å². The fourth-order valence-electron chi connectivity index (χ4n) is 2.25. The van der Waals surface area contributed by atoms with E-state index in [0.29, 0.717) is 29.4 Å². The standard InChI is InChI=1S/C19H23ClN2O3/c1-13(2)25-18-7-5-4-6-16(18)21-11-10-19(23)22-14-8-9-17(24-3)15(20)12-14/h4-9,12-13,21H,10-11H2,1-3H3,(H,22,23). The van der Waals surface area contributed by atoms with Gasteiger partial charge in [0.15, 0.2) is 0 Å². The summed E-state index contributed by atoms with van der Waals surface area (Å²) in [5.74, 6) is 1.25. The second-order valence-corrected chi connectivity index (χ2v) is 6.14. The highest BCUT2D eigenvalue weighted by molar-refractivity contribution is 6.32. The third kappa shape index (κ3) is 5.87. The van der Waals surface area contributed by atoms with Gasteiger partial charge in [-0.25, -0.2) is 0 Å². The highest BCUT2D eigenvalue weighted by atomic mass is 35.5. The van der Waals surface area contributed by atoms with E-state index in [2.05, 4.69) is 10.6 Å². The Bertz CT molecular complexity index is 720. The molecule has 0 aromatic heterocycles. The number of anilines is 2. The molecule has 134 valence electrons. The van der Waals surface area contributed by atoms with Crippen molar-refractivity contribution in [2.45, 2.75) is 26.4 Å². The van der Waals surface area contributed by atoms with Crippen molar-refractivity contribution in [3.8, 4) is 11.5 Å². The van der Waals surface area contributed by atoms with Crippen LogP contribution in [0.4, 0.5) is 11.4 Å². The Balaban J connectivity index is 1.86. The Kier molecular flexibility index (Phi) is 6.95. The number of hydrogen-bond donors (Lipinski definition) is 2. The summed E-state index contributed by atoms with van der Waals surface area (Å²) in [7, 11) is 1.55. The van der Waals surface area contributed by atoms with E-state index in [9.17, 15) is 4.79 Å². The Hall–Kier alpha value is -2.40. The normalized spacial score (nSPS) is 10.4. The number of para-hydroxylation sites is 2. The molecule has 5 nitrogen and oxygen atoms in total. The van der Waals surface area contributed by atoms with Gasteiger partial charge in [0.2, 0.25) is 5.91 Å². The van der Waals surface area contributed by atoms with Gasteiger partial charge in [-0.15, -0.1) is 0 Å². The molecular weight excluding hydrogens is 340 g/mol.